The number of nitrogens with one attached hydrogen (secondary N) is 2. The van der Waals surface area contributed by atoms with E-state index in [9.17, 15) is 9.59 Å². The second kappa shape index (κ2) is 7.90. The molecule has 22 heavy (non-hydrogen) atoms. The van der Waals surface area contributed by atoms with Gasteiger partial charge in [0.2, 0.25) is 22.1 Å². The van der Waals surface area contributed by atoms with Crippen LogP contribution in [0.3, 0.4) is 0 Å². The molecule has 10 heteroatoms. The lowest BCUT2D eigenvalue weighted by Crippen LogP contribution is -2.17. The monoisotopic (exact) mass is 340 g/mol. The molecule has 0 aliphatic rings. The van der Waals surface area contributed by atoms with Crippen LogP contribution in [0.15, 0.2) is 0 Å². The highest BCUT2D eigenvalue weighted by atomic mass is 32.1. The zero-order chi connectivity index (χ0) is 15.9. The summed E-state index contributed by atoms with van der Waals surface area (Å²) in [5, 5.41) is 23.4. The fourth-order valence-electron chi connectivity index (χ4n) is 1.48. The Hall–Kier alpha value is -1.94. The third-order valence-electron chi connectivity index (χ3n) is 2.61. The molecule has 118 valence electrons. The molecule has 0 saturated heterocycles. The number of aromatic nitrogens is 4. The molecule has 2 aromatic rings. The number of nitrogens with zero attached hydrogens (tertiary/aromatic N) is 4. The molecule has 0 bridgehead atoms. The third kappa shape index (κ3) is 4.81. The number of carbonyl (C=O) groups is 2. The summed E-state index contributed by atoms with van der Waals surface area (Å²) in [5.74, 6) is -0.527. The lowest BCUT2D eigenvalue weighted by molar-refractivity contribution is -0.121. The van der Waals surface area contributed by atoms with Gasteiger partial charge in [0.25, 0.3) is 0 Å². The summed E-state index contributed by atoms with van der Waals surface area (Å²) in [7, 11) is 0. The zero-order valence-electron chi connectivity index (χ0n) is 12.3. The minimum Gasteiger partial charge on any atom is -0.301 e. The standard InChI is InChI=1S/C12H16N6O2S2/c1-3-9-15-17-11(21-9)13-7(19)5-6-8(20)14-12-18-16-10(4-2)22-12/h3-6H2,1-2H3,(H,13,17,19)(H,14,18,20). The van der Waals surface area contributed by atoms with Crippen molar-refractivity contribution < 1.29 is 9.59 Å². The van der Waals surface area contributed by atoms with Crippen LogP contribution >= 0.6 is 22.7 Å². The molecular formula is C12H16N6O2S2. The number of rotatable bonds is 7. The molecule has 0 unspecified atom stereocenters. The van der Waals surface area contributed by atoms with E-state index in [-0.39, 0.29) is 24.7 Å². The van der Waals surface area contributed by atoms with E-state index < -0.39 is 0 Å². The summed E-state index contributed by atoms with van der Waals surface area (Å²) < 4.78 is 0. The van der Waals surface area contributed by atoms with Crippen LogP contribution < -0.4 is 10.6 Å². The van der Waals surface area contributed by atoms with Crippen molar-refractivity contribution in [3.05, 3.63) is 10.0 Å². The van der Waals surface area contributed by atoms with Gasteiger partial charge in [0, 0.05) is 12.8 Å². The number of hydrogen-bond donors (Lipinski definition) is 2. The van der Waals surface area contributed by atoms with Crippen LogP contribution in [0.25, 0.3) is 0 Å². The molecule has 2 amide bonds. The zero-order valence-corrected chi connectivity index (χ0v) is 13.9. The molecular weight excluding hydrogens is 324 g/mol. The van der Waals surface area contributed by atoms with Crippen molar-refractivity contribution in [2.75, 3.05) is 10.6 Å². The van der Waals surface area contributed by atoms with Gasteiger partial charge >= 0.3 is 0 Å². The van der Waals surface area contributed by atoms with Gasteiger partial charge in [-0.1, -0.05) is 36.5 Å². The Morgan fingerprint density at radius 1 is 0.818 bits per heavy atom. The first kappa shape index (κ1) is 16.4. The van der Waals surface area contributed by atoms with Gasteiger partial charge in [0.1, 0.15) is 10.0 Å². The molecule has 0 aliphatic carbocycles. The number of aryl methyl sites for hydroxylation is 2. The van der Waals surface area contributed by atoms with Crippen LogP contribution in [-0.2, 0) is 22.4 Å². The highest BCUT2D eigenvalue weighted by Crippen LogP contribution is 2.17. The van der Waals surface area contributed by atoms with Gasteiger partial charge in [0.05, 0.1) is 0 Å². The molecule has 8 nitrogen and oxygen atoms in total. The summed E-state index contributed by atoms with van der Waals surface area (Å²) in [4.78, 5) is 23.5. The summed E-state index contributed by atoms with van der Waals surface area (Å²) in [6.45, 7) is 3.93. The molecule has 2 N–H and O–H groups in total. The Morgan fingerprint density at radius 2 is 1.23 bits per heavy atom. The fourth-order valence-corrected chi connectivity index (χ4v) is 2.88. The predicted octanol–water partition coefficient (Wildman–Crippen LogP) is 1.87. The maximum absolute atomic E-state index is 11.7. The highest BCUT2D eigenvalue weighted by molar-refractivity contribution is 7.15. The SMILES string of the molecule is CCc1nnc(NC(=O)CCC(=O)Nc2nnc(CC)s2)s1. The molecule has 0 aliphatic heterocycles. The topological polar surface area (TPSA) is 110 Å². The molecule has 2 heterocycles. The number of anilines is 2. The van der Waals surface area contributed by atoms with E-state index >= 15 is 0 Å². The van der Waals surface area contributed by atoms with E-state index in [0.717, 1.165) is 22.9 Å². The summed E-state index contributed by atoms with van der Waals surface area (Å²) in [5.41, 5.74) is 0. The van der Waals surface area contributed by atoms with Crippen molar-refractivity contribution in [3.8, 4) is 0 Å². The highest BCUT2D eigenvalue weighted by Gasteiger charge is 2.11. The van der Waals surface area contributed by atoms with Crippen molar-refractivity contribution in [3.63, 3.8) is 0 Å². The summed E-state index contributed by atoms with van der Waals surface area (Å²) >= 11 is 2.66. The smallest absolute Gasteiger partial charge is 0.226 e. The lowest BCUT2D eigenvalue weighted by Gasteiger charge is -2.01. The van der Waals surface area contributed by atoms with Crippen molar-refractivity contribution >= 4 is 44.8 Å². The van der Waals surface area contributed by atoms with Crippen LogP contribution in [-0.4, -0.2) is 32.2 Å². The molecule has 2 rings (SSSR count). The van der Waals surface area contributed by atoms with E-state index in [1.807, 2.05) is 13.8 Å². The molecule has 0 spiro atoms. The second-order valence-corrected chi connectivity index (χ2v) is 6.43. The first-order valence-electron chi connectivity index (χ1n) is 6.85. The first-order chi connectivity index (χ1) is 10.6. The number of hydrogen-bond acceptors (Lipinski definition) is 8. The predicted molar refractivity (Wildman–Crippen MR) is 85.1 cm³/mol. The number of carbonyl (C=O) groups excluding carboxylic acids is 2. The lowest BCUT2D eigenvalue weighted by atomic mass is 10.3. The van der Waals surface area contributed by atoms with E-state index in [4.69, 9.17) is 0 Å². The summed E-state index contributed by atoms with van der Waals surface area (Å²) in [6, 6.07) is 0. The maximum Gasteiger partial charge on any atom is 0.226 e. The Balaban J connectivity index is 1.74. The third-order valence-corrected chi connectivity index (χ3v) is 4.58. The molecule has 0 fully saturated rings. The van der Waals surface area contributed by atoms with Crippen LogP contribution in [0.2, 0.25) is 0 Å². The van der Waals surface area contributed by atoms with Gasteiger partial charge in [-0.05, 0) is 12.8 Å². The average molecular weight is 340 g/mol. The Bertz CT molecular complexity index is 597. The van der Waals surface area contributed by atoms with E-state index in [1.165, 1.54) is 22.7 Å². The van der Waals surface area contributed by atoms with Gasteiger partial charge in [-0.25, -0.2) is 0 Å². The molecule has 0 aromatic carbocycles. The van der Waals surface area contributed by atoms with Crippen molar-refractivity contribution in [2.45, 2.75) is 39.5 Å². The second-order valence-electron chi connectivity index (χ2n) is 4.31. The van der Waals surface area contributed by atoms with Crippen LogP contribution in [0.1, 0.15) is 36.7 Å². The fraction of sp³-hybridized carbons (Fsp3) is 0.500. The largest absolute Gasteiger partial charge is 0.301 e. The van der Waals surface area contributed by atoms with Gasteiger partial charge < -0.3 is 10.6 Å². The molecule has 0 atom stereocenters. The summed E-state index contributed by atoms with van der Waals surface area (Å²) in [6.07, 6.45) is 1.70. The van der Waals surface area contributed by atoms with Gasteiger partial charge in [-0.3, -0.25) is 9.59 Å². The molecule has 2 aromatic heterocycles. The van der Waals surface area contributed by atoms with Gasteiger partial charge in [-0.2, -0.15) is 0 Å². The van der Waals surface area contributed by atoms with E-state index in [2.05, 4.69) is 31.0 Å². The van der Waals surface area contributed by atoms with Gasteiger partial charge in [-0.15, -0.1) is 20.4 Å². The Kier molecular flexibility index (Phi) is 5.90. The van der Waals surface area contributed by atoms with E-state index in [1.54, 1.807) is 0 Å². The Labute approximate surface area is 135 Å². The van der Waals surface area contributed by atoms with Crippen LogP contribution in [0, 0.1) is 0 Å². The minimum absolute atomic E-state index is 0.0757. The molecule has 0 radical (unpaired) electrons. The van der Waals surface area contributed by atoms with Gasteiger partial charge in [0.15, 0.2) is 0 Å². The van der Waals surface area contributed by atoms with Crippen molar-refractivity contribution in [1.29, 1.82) is 0 Å². The number of amides is 2. The van der Waals surface area contributed by atoms with Crippen molar-refractivity contribution in [1.82, 2.24) is 20.4 Å². The first-order valence-corrected chi connectivity index (χ1v) is 8.48. The maximum atomic E-state index is 11.7. The van der Waals surface area contributed by atoms with Crippen LogP contribution in [0.5, 0.6) is 0 Å². The minimum atomic E-state index is -0.263. The quantitative estimate of drug-likeness (QED) is 0.796. The Morgan fingerprint density at radius 3 is 1.55 bits per heavy atom. The molecule has 0 saturated carbocycles. The van der Waals surface area contributed by atoms with Crippen molar-refractivity contribution in [2.24, 2.45) is 0 Å². The van der Waals surface area contributed by atoms with E-state index in [0.29, 0.717) is 10.3 Å². The van der Waals surface area contributed by atoms with Crippen LogP contribution in [0.4, 0.5) is 10.3 Å². The average Bonchev–Trinajstić information content (AvgIpc) is 3.14. The normalized spacial score (nSPS) is 10.5.